The van der Waals surface area contributed by atoms with Gasteiger partial charge < -0.3 is 14.5 Å². The predicted molar refractivity (Wildman–Crippen MR) is 62.4 cm³/mol. The second kappa shape index (κ2) is 4.68. The van der Waals surface area contributed by atoms with Gasteiger partial charge in [0.15, 0.2) is 11.6 Å². The average molecular weight is 269 g/mol. The molecule has 0 fully saturated rings. The normalized spacial score (nSPS) is 10.5. The van der Waals surface area contributed by atoms with Gasteiger partial charge in [-0.3, -0.25) is 4.79 Å². The molecule has 0 unspecified atom stereocenters. The highest BCUT2D eigenvalue weighted by molar-refractivity contribution is 5.96. The van der Waals surface area contributed by atoms with Gasteiger partial charge in [0.05, 0.1) is 25.3 Å². The van der Waals surface area contributed by atoms with Gasteiger partial charge in [0, 0.05) is 5.39 Å². The van der Waals surface area contributed by atoms with E-state index in [1.165, 1.54) is 6.07 Å². The molecule has 1 aromatic carbocycles. The number of hydrogen-bond acceptors (Lipinski definition) is 4. The van der Waals surface area contributed by atoms with E-state index in [0.717, 1.165) is 20.3 Å². The summed E-state index contributed by atoms with van der Waals surface area (Å²) in [6.07, 6.45) is 0. The first-order valence-electron chi connectivity index (χ1n) is 5.17. The van der Waals surface area contributed by atoms with Crippen molar-refractivity contribution in [2.24, 2.45) is 0 Å². The van der Waals surface area contributed by atoms with E-state index in [4.69, 9.17) is 4.74 Å². The zero-order chi connectivity index (χ0) is 14.2. The van der Waals surface area contributed by atoms with E-state index in [0.29, 0.717) is 0 Å². The van der Waals surface area contributed by atoms with Gasteiger partial charge in [-0.05, 0) is 12.1 Å². The number of H-pyrrole nitrogens is 1. The topological polar surface area (TPSA) is 68.4 Å². The fourth-order valence-electron chi connectivity index (χ4n) is 1.74. The Kier molecular flexibility index (Phi) is 3.20. The van der Waals surface area contributed by atoms with Gasteiger partial charge in [-0.1, -0.05) is 0 Å². The lowest BCUT2D eigenvalue weighted by atomic mass is 10.1. The standard InChI is InChI=1S/C12H9F2NO4/c1-18-10-6-4-3-5(12(17)19-2)7(13)9(6)15-11(16)8(10)14/h3-4H,1-2H3,(H,15,16). The molecule has 7 heteroatoms. The molecule has 0 radical (unpaired) electrons. The minimum Gasteiger partial charge on any atom is -0.493 e. The average Bonchev–Trinajstić information content (AvgIpc) is 2.41. The lowest BCUT2D eigenvalue weighted by molar-refractivity contribution is 0.0596. The van der Waals surface area contributed by atoms with Crippen molar-refractivity contribution in [1.82, 2.24) is 4.98 Å². The molecule has 2 aromatic rings. The first kappa shape index (κ1) is 13.0. The summed E-state index contributed by atoms with van der Waals surface area (Å²) in [5.74, 6) is -3.43. The van der Waals surface area contributed by atoms with Crippen molar-refractivity contribution in [1.29, 1.82) is 0 Å². The number of nitrogens with one attached hydrogen (secondary N) is 1. The molecule has 0 aliphatic heterocycles. The van der Waals surface area contributed by atoms with Gasteiger partial charge in [-0.25, -0.2) is 9.18 Å². The maximum atomic E-state index is 14.1. The first-order valence-corrected chi connectivity index (χ1v) is 5.17. The third-order valence-electron chi connectivity index (χ3n) is 2.63. The Morgan fingerprint density at radius 2 is 1.89 bits per heavy atom. The predicted octanol–water partition coefficient (Wildman–Crippen LogP) is 1.60. The van der Waals surface area contributed by atoms with E-state index >= 15 is 0 Å². The minimum atomic E-state index is -1.15. The second-order valence-electron chi connectivity index (χ2n) is 3.64. The second-order valence-corrected chi connectivity index (χ2v) is 3.64. The SMILES string of the molecule is COC(=O)c1ccc2c(OC)c(F)c(=O)[nH]c2c1F. The monoisotopic (exact) mass is 269 g/mol. The van der Waals surface area contributed by atoms with Crippen LogP contribution in [0, 0.1) is 11.6 Å². The Balaban J connectivity index is 2.88. The number of aromatic amines is 1. The molecule has 1 aromatic heterocycles. The molecule has 0 bridgehead atoms. The van der Waals surface area contributed by atoms with Gasteiger partial charge in [-0.2, -0.15) is 4.39 Å². The number of pyridine rings is 1. The van der Waals surface area contributed by atoms with Crippen molar-refractivity contribution < 1.29 is 23.0 Å². The largest absolute Gasteiger partial charge is 0.493 e. The summed E-state index contributed by atoms with van der Waals surface area (Å²) < 4.78 is 36.7. The lowest BCUT2D eigenvalue weighted by Gasteiger charge is -2.08. The van der Waals surface area contributed by atoms with Gasteiger partial charge in [0.25, 0.3) is 5.56 Å². The Morgan fingerprint density at radius 1 is 1.21 bits per heavy atom. The van der Waals surface area contributed by atoms with Crippen molar-refractivity contribution in [3.63, 3.8) is 0 Å². The van der Waals surface area contributed by atoms with Crippen LogP contribution in [0.2, 0.25) is 0 Å². The van der Waals surface area contributed by atoms with E-state index in [-0.39, 0.29) is 22.2 Å². The highest BCUT2D eigenvalue weighted by atomic mass is 19.1. The van der Waals surface area contributed by atoms with Crippen LogP contribution in [0.25, 0.3) is 10.9 Å². The third kappa shape index (κ3) is 1.92. The number of aromatic nitrogens is 1. The summed E-state index contributed by atoms with van der Waals surface area (Å²) in [7, 11) is 2.25. The van der Waals surface area contributed by atoms with Crippen LogP contribution in [0.1, 0.15) is 10.4 Å². The van der Waals surface area contributed by atoms with Crippen LogP contribution < -0.4 is 10.3 Å². The molecule has 0 saturated heterocycles. The summed E-state index contributed by atoms with van der Waals surface area (Å²) in [5, 5.41) is 0.0183. The fraction of sp³-hybridized carbons (Fsp3) is 0.167. The van der Waals surface area contributed by atoms with Gasteiger partial charge in [0.2, 0.25) is 5.82 Å². The zero-order valence-corrected chi connectivity index (χ0v) is 10.0. The molecule has 1 N–H and O–H groups in total. The van der Waals surface area contributed by atoms with Crippen molar-refractivity contribution in [2.45, 2.75) is 0 Å². The molecule has 0 atom stereocenters. The summed E-state index contributed by atoms with van der Waals surface area (Å²) in [6, 6.07) is 2.40. The van der Waals surface area contributed by atoms with Crippen LogP contribution in [-0.4, -0.2) is 25.2 Å². The summed E-state index contributed by atoms with van der Waals surface area (Å²) in [6.45, 7) is 0. The molecular formula is C12H9F2NO4. The Labute approximate surface area is 105 Å². The number of rotatable bonds is 2. The zero-order valence-electron chi connectivity index (χ0n) is 10.0. The molecule has 0 saturated carbocycles. The first-order chi connectivity index (χ1) is 9.01. The number of benzene rings is 1. The molecular weight excluding hydrogens is 260 g/mol. The minimum absolute atomic E-state index is 0.0183. The van der Waals surface area contributed by atoms with E-state index in [1.807, 2.05) is 4.98 Å². The highest BCUT2D eigenvalue weighted by Gasteiger charge is 2.20. The molecule has 0 aliphatic carbocycles. The Morgan fingerprint density at radius 3 is 2.47 bits per heavy atom. The molecule has 100 valence electrons. The van der Waals surface area contributed by atoms with E-state index < -0.39 is 23.2 Å². The number of halogens is 2. The van der Waals surface area contributed by atoms with Crippen molar-refractivity contribution in [3.05, 3.63) is 39.7 Å². The smallest absolute Gasteiger partial charge is 0.340 e. The fourth-order valence-corrected chi connectivity index (χ4v) is 1.74. The number of ether oxygens (including phenoxy) is 2. The van der Waals surface area contributed by atoms with Gasteiger partial charge in [0.1, 0.15) is 0 Å². The number of carbonyl (C=O) groups is 1. The van der Waals surface area contributed by atoms with Crippen LogP contribution in [0.5, 0.6) is 5.75 Å². The summed E-state index contributed by atoms with van der Waals surface area (Å²) >= 11 is 0. The number of carbonyl (C=O) groups excluding carboxylic acids is 1. The highest BCUT2D eigenvalue weighted by Crippen LogP contribution is 2.28. The molecule has 1 heterocycles. The molecule has 19 heavy (non-hydrogen) atoms. The molecule has 0 amide bonds. The summed E-state index contributed by atoms with van der Waals surface area (Å²) in [5.41, 5.74) is -1.81. The number of esters is 1. The Bertz CT molecular complexity index is 724. The maximum absolute atomic E-state index is 14.1. The molecule has 2 rings (SSSR count). The molecule has 0 spiro atoms. The quantitative estimate of drug-likeness (QED) is 0.841. The number of hydrogen-bond donors (Lipinski definition) is 1. The maximum Gasteiger partial charge on any atom is 0.340 e. The number of methoxy groups -OCH3 is 2. The molecule has 0 aliphatic rings. The van der Waals surface area contributed by atoms with Crippen LogP contribution in [0.4, 0.5) is 8.78 Å². The van der Waals surface area contributed by atoms with Crippen molar-refractivity contribution in [2.75, 3.05) is 14.2 Å². The van der Waals surface area contributed by atoms with E-state index in [9.17, 15) is 18.4 Å². The van der Waals surface area contributed by atoms with Gasteiger partial charge >= 0.3 is 5.97 Å². The van der Waals surface area contributed by atoms with E-state index in [1.54, 1.807) is 0 Å². The summed E-state index contributed by atoms with van der Waals surface area (Å²) in [4.78, 5) is 24.7. The van der Waals surface area contributed by atoms with Crippen LogP contribution in [0.15, 0.2) is 16.9 Å². The lowest BCUT2D eigenvalue weighted by Crippen LogP contribution is -2.14. The Hall–Kier alpha value is -2.44. The molecule has 5 nitrogen and oxygen atoms in total. The van der Waals surface area contributed by atoms with Gasteiger partial charge in [-0.15, -0.1) is 0 Å². The van der Waals surface area contributed by atoms with Crippen LogP contribution in [-0.2, 0) is 4.74 Å². The van der Waals surface area contributed by atoms with E-state index in [2.05, 4.69) is 4.74 Å². The van der Waals surface area contributed by atoms with Crippen LogP contribution in [0.3, 0.4) is 0 Å². The van der Waals surface area contributed by atoms with Crippen molar-refractivity contribution in [3.8, 4) is 5.75 Å². The number of fused-ring (bicyclic) bond motifs is 1. The van der Waals surface area contributed by atoms with Crippen LogP contribution >= 0.6 is 0 Å². The third-order valence-corrected chi connectivity index (χ3v) is 2.63. The van der Waals surface area contributed by atoms with Crippen molar-refractivity contribution >= 4 is 16.9 Å².